The monoisotopic (exact) mass is 149 g/mol. The molecule has 0 radical (unpaired) electrons. The molecule has 1 N–H and O–H groups in total. The summed E-state index contributed by atoms with van der Waals surface area (Å²) in [4.78, 5) is 10.1. The van der Waals surface area contributed by atoms with Crippen molar-refractivity contribution in [3.05, 3.63) is 0 Å². The lowest BCUT2D eigenvalue weighted by Gasteiger charge is -2.06. The van der Waals surface area contributed by atoms with Crippen molar-refractivity contribution < 1.29 is 9.90 Å². The number of halogens is 1. The molecule has 0 aromatic rings. The average Bonchev–Trinajstić information content (AvgIpc) is 2.10. The maximum Gasteiger partial charge on any atom is 0.138 e. The van der Waals surface area contributed by atoms with Crippen molar-refractivity contribution in [2.75, 3.05) is 6.54 Å². The number of nitrogens with zero attached hydrogens (tertiary/aromatic N) is 1. The average molecular weight is 150 g/mol. The SMILES string of the molecule is O=C[C@@H]1C[C@@H](O)CN1Cl. The van der Waals surface area contributed by atoms with Crippen LogP contribution in [0.3, 0.4) is 0 Å². The van der Waals surface area contributed by atoms with Gasteiger partial charge in [-0.2, -0.15) is 0 Å². The Morgan fingerprint density at radius 3 is 2.67 bits per heavy atom. The first-order valence-corrected chi connectivity index (χ1v) is 3.13. The zero-order chi connectivity index (χ0) is 6.85. The van der Waals surface area contributed by atoms with Gasteiger partial charge in [0.2, 0.25) is 0 Å². The molecule has 9 heavy (non-hydrogen) atoms. The number of hydrogen-bond donors (Lipinski definition) is 1. The summed E-state index contributed by atoms with van der Waals surface area (Å²) in [5.41, 5.74) is 0. The Balaban J connectivity index is 2.47. The standard InChI is InChI=1S/C5H8ClNO2/c6-7-2-5(9)1-4(7)3-8/h3-5,9H,1-2H2/t4-,5+/m0/s1. The molecule has 0 aliphatic carbocycles. The van der Waals surface area contributed by atoms with Crippen LogP contribution in [-0.2, 0) is 4.79 Å². The van der Waals surface area contributed by atoms with E-state index in [1.54, 1.807) is 0 Å². The smallest absolute Gasteiger partial charge is 0.138 e. The van der Waals surface area contributed by atoms with Crippen molar-refractivity contribution >= 4 is 18.1 Å². The zero-order valence-electron chi connectivity index (χ0n) is 4.83. The minimum Gasteiger partial charge on any atom is -0.392 e. The van der Waals surface area contributed by atoms with Gasteiger partial charge in [-0.3, -0.25) is 0 Å². The number of aldehydes is 1. The first-order valence-electron chi connectivity index (χ1n) is 2.80. The third-order valence-corrected chi connectivity index (χ3v) is 1.80. The highest BCUT2D eigenvalue weighted by Crippen LogP contribution is 2.17. The van der Waals surface area contributed by atoms with Crippen molar-refractivity contribution in [3.63, 3.8) is 0 Å². The van der Waals surface area contributed by atoms with Crippen LogP contribution in [0, 0.1) is 0 Å². The van der Waals surface area contributed by atoms with Gasteiger partial charge in [0, 0.05) is 6.54 Å². The Hall–Kier alpha value is -0.120. The molecule has 52 valence electrons. The van der Waals surface area contributed by atoms with Crippen LogP contribution in [0.5, 0.6) is 0 Å². The fourth-order valence-electron chi connectivity index (χ4n) is 0.926. The molecular weight excluding hydrogens is 142 g/mol. The molecule has 0 unspecified atom stereocenters. The lowest BCUT2D eigenvalue weighted by molar-refractivity contribution is -0.110. The molecular formula is C5H8ClNO2. The molecule has 0 aromatic carbocycles. The highest BCUT2D eigenvalue weighted by atomic mass is 35.5. The van der Waals surface area contributed by atoms with Crippen molar-refractivity contribution in [1.29, 1.82) is 0 Å². The van der Waals surface area contributed by atoms with Crippen LogP contribution in [0.15, 0.2) is 0 Å². The van der Waals surface area contributed by atoms with Gasteiger partial charge in [0.25, 0.3) is 0 Å². The highest BCUT2D eigenvalue weighted by Gasteiger charge is 2.28. The minimum atomic E-state index is -0.433. The molecule has 1 aliphatic heterocycles. The second-order valence-electron chi connectivity index (χ2n) is 2.18. The van der Waals surface area contributed by atoms with Crippen molar-refractivity contribution in [1.82, 2.24) is 4.42 Å². The van der Waals surface area contributed by atoms with E-state index in [4.69, 9.17) is 16.9 Å². The molecule has 1 heterocycles. The fraction of sp³-hybridized carbons (Fsp3) is 0.800. The van der Waals surface area contributed by atoms with E-state index < -0.39 is 6.10 Å². The third kappa shape index (κ3) is 1.41. The van der Waals surface area contributed by atoms with Gasteiger partial charge < -0.3 is 9.90 Å². The molecule has 0 bridgehead atoms. The predicted octanol–water partition coefficient (Wildman–Crippen LogP) is -0.226. The third-order valence-electron chi connectivity index (χ3n) is 1.42. The topological polar surface area (TPSA) is 40.5 Å². The molecule has 1 fully saturated rings. The number of β-amino-alcohol motifs (C(OH)–C–C–N with tert-alkyl or cyclic N) is 1. The molecule has 0 spiro atoms. The summed E-state index contributed by atoms with van der Waals surface area (Å²) in [6, 6.07) is -0.290. The van der Waals surface area contributed by atoms with Gasteiger partial charge in [0.05, 0.1) is 12.1 Å². The number of aliphatic hydroxyl groups excluding tert-OH is 1. The van der Waals surface area contributed by atoms with Crippen LogP contribution >= 0.6 is 11.8 Å². The maximum absolute atomic E-state index is 10.1. The predicted molar refractivity (Wildman–Crippen MR) is 33.0 cm³/mol. The maximum atomic E-state index is 10.1. The van der Waals surface area contributed by atoms with Crippen LogP contribution in [0.4, 0.5) is 0 Å². The van der Waals surface area contributed by atoms with E-state index in [-0.39, 0.29) is 6.04 Å². The minimum absolute atomic E-state index is 0.290. The summed E-state index contributed by atoms with van der Waals surface area (Å²) in [5.74, 6) is 0. The number of hydrogen-bond acceptors (Lipinski definition) is 3. The lowest BCUT2D eigenvalue weighted by Crippen LogP contribution is -2.20. The number of aliphatic hydroxyl groups is 1. The van der Waals surface area contributed by atoms with Gasteiger partial charge in [-0.05, 0) is 18.2 Å². The van der Waals surface area contributed by atoms with Gasteiger partial charge in [-0.25, -0.2) is 4.42 Å². The van der Waals surface area contributed by atoms with Crippen molar-refractivity contribution in [2.45, 2.75) is 18.6 Å². The van der Waals surface area contributed by atoms with E-state index in [2.05, 4.69) is 0 Å². The summed E-state index contributed by atoms with van der Waals surface area (Å²) >= 11 is 5.52. The van der Waals surface area contributed by atoms with E-state index in [1.807, 2.05) is 0 Å². The van der Waals surface area contributed by atoms with Gasteiger partial charge in [-0.1, -0.05) is 0 Å². The van der Waals surface area contributed by atoms with E-state index >= 15 is 0 Å². The van der Waals surface area contributed by atoms with Crippen molar-refractivity contribution in [3.8, 4) is 0 Å². The summed E-state index contributed by atoms with van der Waals surface area (Å²) < 4.78 is 1.33. The molecule has 0 aromatic heterocycles. The summed E-state index contributed by atoms with van der Waals surface area (Å²) in [7, 11) is 0. The molecule has 2 atom stereocenters. The Bertz CT molecular complexity index is 120. The number of rotatable bonds is 1. The lowest BCUT2D eigenvalue weighted by atomic mass is 10.2. The molecule has 1 aliphatic rings. The first kappa shape index (κ1) is 6.99. The highest BCUT2D eigenvalue weighted by molar-refractivity contribution is 6.14. The van der Waals surface area contributed by atoms with E-state index in [0.717, 1.165) is 6.29 Å². The fourth-order valence-corrected chi connectivity index (χ4v) is 1.21. The van der Waals surface area contributed by atoms with Gasteiger partial charge in [0.15, 0.2) is 0 Å². The zero-order valence-corrected chi connectivity index (χ0v) is 5.58. The van der Waals surface area contributed by atoms with Crippen LogP contribution < -0.4 is 0 Å². The largest absolute Gasteiger partial charge is 0.392 e. The first-order chi connectivity index (χ1) is 4.24. The second-order valence-corrected chi connectivity index (χ2v) is 2.61. The molecule has 0 amide bonds. The summed E-state index contributed by atoms with van der Waals surface area (Å²) in [5, 5.41) is 8.92. The number of carbonyl (C=O) groups excluding carboxylic acids is 1. The van der Waals surface area contributed by atoms with Crippen LogP contribution in [0.1, 0.15) is 6.42 Å². The molecule has 4 heteroatoms. The van der Waals surface area contributed by atoms with E-state index in [0.29, 0.717) is 13.0 Å². The van der Waals surface area contributed by atoms with Gasteiger partial charge >= 0.3 is 0 Å². The Labute approximate surface area is 58.3 Å². The van der Waals surface area contributed by atoms with E-state index in [1.165, 1.54) is 4.42 Å². The molecule has 0 saturated carbocycles. The van der Waals surface area contributed by atoms with Crippen LogP contribution in [-0.4, -0.2) is 34.5 Å². The molecule has 3 nitrogen and oxygen atoms in total. The Morgan fingerprint density at radius 2 is 2.44 bits per heavy atom. The Morgan fingerprint density at radius 1 is 1.78 bits per heavy atom. The van der Waals surface area contributed by atoms with Crippen LogP contribution in [0.2, 0.25) is 0 Å². The Kier molecular flexibility index (Phi) is 2.05. The summed E-state index contributed by atoms with van der Waals surface area (Å²) in [6.45, 7) is 0.394. The van der Waals surface area contributed by atoms with Crippen molar-refractivity contribution in [2.24, 2.45) is 0 Å². The number of carbonyl (C=O) groups is 1. The quantitative estimate of drug-likeness (QED) is 0.414. The molecule has 1 rings (SSSR count). The van der Waals surface area contributed by atoms with E-state index in [9.17, 15) is 4.79 Å². The second kappa shape index (κ2) is 2.64. The van der Waals surface area contributed by atoms with Gasteiger partial charge in [0.1, 0.15) is 6.29 Å². The summed E-state index contributed by atoms with van der Waals surface area (Å²) in [6.07, 6.45) is 0.786. The van der Waals surface area contributed by atoms with Crippen LogP contribution in [0.25, 0.3) is 0 Å². The van der Waals surface area contributed by atoms with Gasteiger partial charge in [-0.15, -0.1) is 0 Å². The molecule has 1 saturated heterocycles. The normalized spacial score (nSPS) is 37.1.